The number of nitrogens with two attached hydrogens (primary N) is 1. The number of benzene rings is 1. The smallest absolute Gasteiger partial charge is 0.232 e. The summed E-state index contributed by atoms with van der Waals surface area (Å²) in [7, 11) is 0. The van der Waals surface area contributed by atoms with E-state index in [0.717, 1.165) is 10.8 Å². The standard InChI is InChI=1S/C19H20N8OS/c1-3-27-16(14-5-4-10-28-14)25-26-19(27)29-11-15-22-17(20)24-18(23-15)21-13-8-6-12(2)7-9-13/h4-10H,3,11H2,1-2H3,(H3,20,21,22,23,24). The van der Waals surface area contributed by atoms with E-state index < -0.39 is 0 Å². The zero-order valence-electron chi connectivity index (χ0n) is 16.0. The fraction of sp³-hybridized carbons (Fsp3) is 0.211. The van der Waals surface area contributed by atoms with Crippen LogP contribution in [-0.2, 0) is 12.3 Å². The molecule has 29 heavy (non-hydrogen) atoms. The highest BCUT2D eigenvalue weighted by atomic mass is 32.2. The molecule has 9 nitrogen and oxygen atoms in total. The lowest BCUT2D eigenvalue weighted by atomic mass is 10.2. The highest BCUT2D eigenvalue weighted by Crippen LogP contribution is 2.26. The molecule has 0 atom stereocenters. The number of anilines is 3. The van der Waals surface area contributed by atoms with Gasteiger partial charge < -0.3 is 15.5 Å². The van der Waals surface area contributed by atoms with Gasteiger partial charge in [0.05, 0.1) is 12.0 Å². The van der Waals surface area contributed by atoms with Crippen LogP contribution >= 0.6 is 11.8 Å². The predicted molar refractivity (Wildman–Crippen MR) is 112 cm³/mol. The molecule has 3 heterocycles. The van der Waals surface area contributed by atoms with Gasteiger partial charge in [-0.25, -0.2) is 0 Å². The van der Waals surface area contributed by atoms with Crippen molar-refractivity contribution >= 4 is 29.3 Å². The van der Waals surface area contributed by atoms with E-state index in [0.29, 0.717) is 35.7 Å². The minimum absolute atomic E-state index is 0.165. The number of aromatic nitrogens is 6. The second-order valence-electron chi connectivity index (χ2n) is 6.24. The third-order valence-corrected chi connectivity index (χ3v) is 5.07. The summed E-state index contributed by atoms with van der Waals surface area (Å²) in [6, 6.07) is 11.6. The summed E-state index contributed by atoms with van der Waals surface area (Å²) < 4.78 is 7.43. The van der Waals surface area contributed by atoms with Gasteiger partial charge in [-0.05, 0) is 38.1 Å². The molecule has 148 valence electrons. The van der Waals surface area contributed by atoms with Crippen LogP contribution in [0.5, 0.6) is 0 Å². The summed E-state index contributed by atoms with van der Waals surface area (Å²) in [5, 5.41) is 12.4. The lowest BCUT2D eigenvalue weighted by molar-refractivity contribution is 0.567. The largest absolute Gasteiger partial charge is 0.461 e. The molecule has 10 heteroatoms. The van der Waals surface area contributed by atoms with E-state index >= 15 is 0 Å². The van der Waals surface area contributed by atoms with Crippen LogP contribution in [0.25, 0.3) is 11.6 Å². The molecule has 0 saturated heterocycles. The number of furan rings is 1. The Morgan fingerprint density at radius 2 is 1.93 bits per heavy atom. The van der Waals surface area contributed by atoms with Crippen molar-refractivity contribution in [2.24, 2.45) is 0 Å². The minimum Gasteiger partial charge on any atom is -0.461 e. The zero-order chi connectivity index (χ0) is 20.2. The summed E-state index contributed by atoms with van der Waals surface area (Å²) in [4.78, 5) is 12.9. The van der Waals surface area contributed by atoms with Gasteiger partial charge in [0.25, 0.3) is 0 Å². The Balaban J connectivity index is 1.50. The average molecular weight is 408 g/mol. The summed E-state index contributed by atoms with van der Waals surface area (Å²) in [6.45, 7) is 4.78. The number of nitrogens with one attached hydrogen (secondary N) is 1. The van der Waals surface area contributed by atoms with Crippen molar-refractivity contribution in [3.05, 3.63) is 54.0 Å². The van der Waals surface area contributed by atoms with Crippen LogP contribution in [0.3, 0.4) is 0 Å². The van der Waals surface area contributed by atoms with Crippen molar-refractivity contribution < 1.29 is 4.42 Å². The number of nitrogens with zero attached hydrogens (tertiary/aromatic N) is 6. The maximum atomic E-state index is 5.87. The molecule has 4 rings (SSSR count). The molecule has 0 aliphatic carbocycles. The molecule has 4 aromatic rings. The topological polar surface area (TPSA) is 121 Å². The summed E-state index contributed by atoms with van der Waals surface area (Å²) >= 11 is 1.48. The van der Waals surface area contributed by atoms with Gasteiger partial charge in [0, 0.05) is 12.2 Å². The molecular formula is C19H20N8OS. The first-order chi connectivity index (χ1) is 14.1. The Hall–Kier alpha value is -3.40. The van der Waals surface area contributed by atoms with E-state index in [9.17, 15) is 0 Å². The number of hydrogen-bond donors (Lipinski definition) is 2. The van der Waals surface area contributed by atoms with E-state index in [-0.39, 0.29) is 5.95 Å². The summed E-state index contributed by atoms with van der Waals surface area (Å²) in [6.07, 6.45) is 1.62. The molecule has 0 radical (unpaired) electrons. The van der Waals surface area contributed by atoms with Gasteiger partial charge in [-0.15, -0.1) is 10.2 Å². The fourth-order valence-electron chi connectivity index (χ4n) is 2.72. The summed E-state index contributed by atoms with van der Waals surface area (Å²) in [5.41, 5.74) is 7.93. The quantitative estimate of drug-likeness (QED) is 0.441. The highest BCUT2D eigenvalue weighted by Gasteiger charge is 2.16. The Bertz CT molecular complexity index is 1090. The van der Waals surface area contributed by atoms with Crippen molar-refractivity contribution in [3.8, 4) is 11.6 Å². The van der Waals surface area contributed by atoms with Crippen LogP contribution in [-0.4, -0.2) is 29.7 Å². The van der Waals surface area contributed by atoms with Gasteiger partial charge in [-0.2, -0.15) is 15.0 Å². The van der Waals surface area contributed by atoms with E-state index in [2.05, 4.69) is 30.5 Å². The van der Waals surface area contributed by atoms with E-state index in [4.69, 9.17) is 10.2 Å². The van der Waals surface area contributed by atoms with Gasteiger partial charge in [-0.1, -0.05) is 29.5 Å². The molecule has 0 aliphatic rings. The van der Waals surface area contributed by atoms with Crippen molar-refractivity contribution in [3.63, 3.8) is 0 Å². The molecule has 0 aliphatic heterocycles. The Kier molecular flexibility index (Phi) is 5.43. The predicted octanol–water partition coefficient (Wildman–Crippen LogP) is 3.67. The van der Waals surface area contributed by atoms with E-state index in [1.165, 1.54) is 17.3 Å². The monoisotopic (exact) mass is 408 g/mol. The molecule has 0 unspecified atom stereocenters. The average Bonchev–Trinajstić information content (AvgIpc) is 3.37. The zero-order valence-corrected chi connectivity index (χ0v) is 16.8. The van der Waals surface area contributed by atoms with Crippen molar-refractivity contribution in [1.82, 2.24) is 29.7 Å². The first-order valence-corrected chi connectivity index (χ1v) is 10.0. The number of aryl methyl sites for hydroxylation is 1. The van der Waals surface area contributed by atoms with Crippen LogP contribution in [0.15, 0.2) is 52.2 Å². The van der Waals surface area contributed by atoms with Gasteiger partial charge in [0.1, 0.15) is 5.82 Å². The third-order valence-electron chi connectivity index (χ3n) is 4.11. The normalized spacial score (nSPS) is 11.0. The number of rotatable bonds is 7. The van der Waals surface area contributed by atoms with Crippen LogP contribution in [0.2, 0.25) is 0 Å². The van der Waals surface area contributed by atoms with Crippen LogP contribution in [0.4, 0.5) is 17.6 Å². The van der Waals surface area contributed by atoms with Crippen LogP contribution in [0.1, 0.15) is 18.3 Å². The molecule has 1 aromatic carbocycles. The first kappa shape index (κ1) is 18.9. The molecule has 0 spiro atoms. The second kappa shape index (κ2) is 8.31. The molecule has 3 aromatic heterocycles. The number of nitrogen functional groups attached to an aromatic ring is 1. The molecule has 0 amide bonds. The third kappa shape index (κ3) is 4.37. The first-order valence-electron chi connectivity index (χ1n) is 9.06. The Morgan fingerprint density at radius 3 is 2.66 bits per heavy atom. The van der Waals surface area contributed by atoms with Gasteiger partial charge >= 0.3 is 0 Å². The molecule has 0 fully saturated rings. The van der Waals surface area contributed by atoms with Gasteiger partial charge in [0.2, 0.25) is 11.9 Å². The number of thioether (sulfide) groups is 1. The van der Waals surface area contributed by atoms with Crippen LogP contribution in [0, 0.1) is 6.92 Å². The molecule has 0 bridgehead atoms. The fourth-order valence-corrected chi connectivity index (χ4v) is 3.58. The lowest BCUT2D eigenvalue weighted by Gasteiger charge is -2.08. The highest BCUT2D eigenvalue weighted by molar-refractivity contribution is 7.98. The van der Waals surface area contributed by atoms with E-state index in [1.807, 2.05) is 54.8 Å². The Labute approximate surface area is 171 Å². The minimum atomic E-state index is 0.165. The second-order valence-corrected chi connectivity index (χ2v) is 7.18. The Morgan fingerprint density at radius 1 is 1.10 bits per heavy atom. The summed E-state index contributed by atoms with van der Waals surface area (Å²) in [5.74, 6) is 2.98. The van der Waals surface area contributed by atoms with E-state index in [1.54, 1.807) is 6.26 Å². The van der Waals surface area contributed by atoms with Crippen molar-refractivity contribution in [2.75, 3.05) is 11.1 Å². The van der Waals surface area contributed by atoms with Crippen LogP contribution < -0.4 is 11.1 Å². The van der Waals surface area contributed by atoms with Gasteiger partial charge in [-0.3, -0.25) is 4.57 Å². The molecule has 0 saturated carbocycles. The van der Waals surface area contributed by atoms with Gasteiger partial charge in [0.15, 0.2) is 16.7 Å². The maximum Gasteiger partial charge on any atom is 0.232 e. The van der Waals surface area contributed by atoms with Crippen molar-refractivity contribution in [2.45, 2.75) is 31.3 Å². The SMILES string of the molecule is CCn1c(SCc2nc(N)nc(Nc3ccc(C)cc3)n2)nnc1-c1ccco1. The number of hydrogen-bond acceptors (Lipinski definition) is 9. The molecule has 3 N–H and O–H groups in total. The van der Waals surface area contributed by atoms with Crippen molar-refractivity contribution in [1.29, 1.82) is 0 Å². The lowest BCUT2D eigenvalue weighted by Crippen LogP contribution is -2.07. The maximum absolute atomic E-state index is 5.87. The molecular weight excluding hydrogens is 388 g/mol.